The molecule has 1 aliphatic carbocycles. The van der Waals surface area contributed by atoms with E-state index in [9.17, 15) is 4.79 Å². The van der Waals surface area contributed by atoms with Crippen molar-refractivity contribution in [3.8, 4) is 5.82 Å². The molecule has 1 unspecified atom stereocenters. The summed E-state index contributed by atoms with van der Waals surface area (Å²) in [6.07, 6.45) is 5.45. The van der Waals surface area contributed by atoms with Gasteiger partial charge in [-0.15, -0.1) is 0 Å². The Morgan fingerprint density at radius 1 is 1.26 bits per heavy atom. The van der Waals surface area contributed by atoms with Gasteiger partial charge >= 0.3 is 0 Å². The third-order valence-electron chi connectivity index (χ3n) is 5.18. The molecule has 138 valence electrons. The zero-order chi connectivity index (χ0) is 19.0. The number of aryl methyl sites for hydroxylation is 3. The monoisotopic (exact) mass is 361 g/mol. The Morgan fingerprint density at radius 3 is 2.85 bits per heavy atom. The van der Waals surface area contributed by atoms with Gasteiger partial charge in [-0.05, 0) is 62.4 Å². The number of fused-ring (bicyclic) bond motifs is 1. The van der Waals surface area contributed by atoms with Gasteiger partial charge in [0.05, 0.1) is 6.04 Å². The summed E-state index contributed by atoms with van der Waals surface area (Å²) in [5.41, 5.74) is 5.63. The van der Waals surface area contributed by atoms with Crippen LogP contribution in [0.5, 0.6) is 0 Å². The number of amides is 1. The molecule has 0 fully saturated rings. The lowest BCUT2D eigenvalue weighted by molar-refractivity contribution is -0.117. The summed E-state index contributed by atoms with van der Waals surface area (Å²) in [7, 11) is 0. The van der Waals surface area contributed by atoms with Gasteiger partial charge in [0.1, 0.15) is 5.76 Å². The van der Waals surface area contributed by atoms with Crippen molar-refractivity contribution < 1.29 is 9.32 Å². The number of nitrogens with zero attached hydrogens (tertiary/aromatic N) is 2. The molecule has 27 heavy (non-hydrogen) atoms. The van der Waals surface area contributed by atoms with Crippen LogP contribution in [0.4, 0.5) is 0 Å². The maximum absolute atomic E-state index is 12.4. The predicted molar refractivity (Wildman–Crippen MR) is 105 cm³/mol. The van der Waals surface area contributed by atoms with Gasteiger partial charge in [-0.25, -0.2) is 0 Å². The molecule has 4 rings (SSSR count). The van der Waals surface area contributed by atoms with Crippen LogP contribution in [0.2, 0.25) is 0 Å². The van der Waals surface area contributed by atoms with Gasteiger partial charge < -0.3 is 9.84 Å². The lowest BCUT2D eigenvalue weighted by Crippen LogP contribution is -2.25. The highest BCUT2D eigenvalue weighted by atomic mass is 16.5. The molecule has 1 N–H and O–H groups in total. The van der Waals surface area contributed by atoms with Crippen LogP contribution in [0.15, 0.2) is 47.0 Å². The number of rotatable bonds is 4. The van der Waals surface area contributed by atoms with Gasteiger partial charge in [0, 0.05) is 23.5 Å². The van der Waals surface area contributed by atoms with Crippen molar-refractivity contribution in [3.63, 3.8) is 0 Å². The first-order valence-electron chi connectivity index (χ1n) is 9.22. The van der Waals surface area contributed by atoms with Crippen molar-refractivity contribution in [1.82, 2.24) is 15.0 Å². The largest absolute Gasteiger partial charge is 0.360 e. The molecular formula is C22H23N3O2. The Hall–Kier alpha value is -3.08. The average molecular weight is 361 g/mol. The van der Waals surface area contributed by atoms with E-state index in [2.05, 4.69) is 28.7 Å². The molecular weight excluding hydrogens is 338 g/mol. The van der Waals surface area contributed by atoms with Crippen molar-refractivity contribution in [1.29, 1.82) is 0 Å². The summed E-state index contributed by atoms with van der Waals surface area (Å²) in [6, 6.07) is 12.4. The zero-order valence-electron chi connectivity index (χ0n) is 15.8. The van der Waals surface area contributed by atoms with E-state index in [-0.39, 0.29) is 11.9 Å². The highest BCUT2D eigenvalue weighted by Gasteiger charge is 2.22. The minimum absolute atomic E-state index is 0.0706. The number of hydrogen-bond acceptors (Lipinski definition) is 3. The van der Waals surface area contributed by atoms with Crippen LogP contribution >= 0.6 is 0 Å². The number of carbonyl (C=O) groups excluding carboxylic acids is 1. The molecule has 2 aromatic heterocycles. The average Bonchev–Trinajstić information content (AvgIpc) is 3.32. The summed E-state index contributed by atoms with van der Waals surface area (Å²) in [6.45, 7) is 5.91. The molecule has 0 saturated heterocycles. The molecule has 1 atom stereocenters. The molecule has 1 aromatic carbocycles. The van der Waals surface area contributed by atoms with Crippen LogP contribution < -0.4 is 5.32 Å². The smallest absolute Gasteiger partial charge is 0.244 e. The number of aromatic nitrogens is 2. The van der Waals surface area contributed by atoms with E-state index in [1.165, 1.54) is 11.1 Å². The SMILES string of the molecule is Cc1cc(-n2c(C)cc(/C=C/C(=O)NC3CCc4ccccc43)c2C)no1. The first-order valence-corrected chi connectivity index (χ1v) is 9.22. The Kier molecular flexibility index (Phi) is 4.44. The number of carbonyl (C=O) groups is 1. The lowest BCUT2D eigenvalue weighted by Gasteiger charge is -2.12. The lowest BCUT2D eigenvalue weighted by atomic mass is 10.1. The molecule has 0 bridgehead atoms. The molecule has 3 aromatic rings. The minimum Gasteiger partial charge on any atom is -0.360 e. The van der Waals surface area contributed by atoms with E-state index < -0.39 is 0 Å². The quantitative estimate of drug-likeness (QED) is 0.708. The molecule has 5 nitrogen and oxygen atoms in total. The fourth-order valence-electron chi connectivity index (χ4n) is 3.86. The highest BCUT2D eigenvalue weighted by molar-refractivity contribution is 5.92. The molecule has 5 heteroatoms. The predicted octanol–water partition coefficient (Wildman–Crippen LogP) is 4.21. The van der Waals surface area contributed by atoms with E-state index in [0.717, 1.165) is 41.4 Å². The van der Waals surface area contributed by atoms with Gasteiger partial charge in [-0.3, -0.25) is 9.36 Å². The van der Waals surface area contributed by atoms with E-state index in [4.69, 9.17) is 4.52 Å². The maximum atomic E-state index is 12.4. The van der Waals surface area contributed by atoms with E-state index >= 15 is 0 Å². The Balaban J connectivity index is 1.50. The van der Waals surface area contributed by atoms with Crippen molar-refractivity contribution in [2.24, 2.45) is 0 Å². The van der Waals surface area contributed by atoms with Gasteiger partial charge in [0.2, 0.25) is 5.91 Å². The normalized spacial score (nSPS) is 16.0. The van der Waals surface area contributed by atoms with E-state index in [0.29, 0.717) is 0 Å². The Morgan fingerprint density at radius 2 is 2.07 bits per heavy atom. The van der Waals surface area contributed by atoms with Gasteiger partial charge in [0.25, 0.3) is 0 Å². The van der Waals surface area contributed by atoms with Crippen molar-refractivity contribution >= 4 is 12.0 Å². The molecule has 1 aliphatic rings. The minimum atomic E-state index is -0.0706. The molecule has 0 radical (unpaired) electrons. The highest BCUT2D eigenvalue weighted by Crippen LogP contribution is 2.30. The van der Waals surface area contributed by atoms with E-state index in [1.807, 2.05) is 49.6 Å². The fourth-order valence-corrected chi connectivity index (χ4v) is 3.86. The topological polar surface area (TPSA) is 60.1 Å². The first kappa shape index (κ1) is 17.3. The van der Waals surface area contributed by atoms with Crippen molar-refractivity contribution in [3.05, 3.63) is 76.3 Å². The first-order chi connectivity index (χ1) is 13.0. The Labute approximate surface area is 158 Å². The van der Waals surface area contributed by atoms with Crippen LogP contribution in [0.25, 0.3) is 11.9 Å². The van der Waals surface area contributed by atoms with Crippen LogP contribution in [0, 0.1) is 20.8 Å². The summed E-state index contributed by atoms with van der Waals surface area (Å²) < 4.78 is 7.22. The molecule has 0 aliphatic heterocycles. The second-order valence-electron chi connectivity index (χ2n) is 7.09. The van der Waals surface area contributed by atoms with Crippen LogP contribution in [0.1, 0.15) is 46.3 Å². The maximum Gasteiger partial charge on any atom is 0.244 e. The Bertz CT molecular complexity index is 1030. The van der Waals surface area contributed by atoms with Gasteiger partial charge in [0.15, 0.2) is 5.82 Å². The third kappa shape index (κ3) is 3.33. The van der Waals surface area contributed by atoms with Crippen LogP contribution in [-0.4, -0.2) is 15.6 Å². The second kappa shape index (κ2) is 6.91. The summed E-state index contributed by atoms with van der Waals surface area (Å²) in [4.78, 5) is 12.4. The number of hydrogen-bond donors (Lipinski definition) is 1. The van der Waals surface area contributed by atoms with Crippen LogP contribution in [0.3, 0.4) is 0 Å². The fraction of sp³-hybridized carbons (Fsp3) is 0.273. The summed E-state index contributed by atoms with van der Waals surface area (Å²) in [5.74, 6) is 1.46. The summed E-state index contributed by atoms with van der Waals surface area (Å²) >= 11 is 0. The number of nitrogens with one attached hydrogen (secondary N) is 1. The second-order valence-corrected chi connectivity index (χ2v) is 7.09. The molecule has 1 amide bonds. The standard InChI is InChI=1S/C22H23N3O2/c1-14-12-18(16(3)25(14)21-13-15(2)27-24-21)9-11-22(26)23-20-10-8-17-6-4-5-7-19(17)20/h4-7,9,11-13,20H,8,10H2,1-3H3,(H,23,26)/b11-9+. The number of benzene rings is 1. The van der Waals surface area contributed by atoms with Gasteiger partial charge in [-0.2, -0.15) is 0 Å². The third-order valence-corrected chi connectivity index (χ3v) is 5.18. The molecule has 0 saturated carbocycles. The van der Waals surface area contributed by atoms with Crippen molar-refractivity contribution in [2.75, 3.05) is 0 Å². The molecule has 0 spiro atoms. The van der Waals surface area contributed by atoms with E-state index in [1.54, 1.807) is 6.08 Å². The van der Waals surface area contributed by atoms with Crippen LogP contribution in [-0.2, 0) is 11.2 Å². The van der Waals surface area contributed by atoms with Crippen molar-refractivity contribution in [2.45, 2.75) is 39.7 Å². The summed E-state index contributed by atoms with van der Waals surface area (Å²) in [5, 5.41) is 7.21. The zero-order valence-corrected chi connectivity index (χ0v) is 15.8. The van der Waals surface area contributed by atoms with Gasteiger partial charge in [-0.1, -0.05) is 29.4 Å². The molecule has 2 heterocycles.